The molecule has 12 nitrogen and oxygen atoms in total. The number of amides is 3. The minimum Gasteiger partial charge on any atom is -0.803 e. The molecule has 2 unspecified atom stereocenters. The van der Waals surface area contributed by atoms with E-state index in [1.807, 2.05) is 54.6 Å². The van der Waals surface area contributed by atoms with Gasteiger partial charge in [-0.1, -0.05) is 60.7 Å². The molecule has 5 rings (SSSR count). The number of piperidine rings is 2. The SMILES string of the molecule is [N-]=C(/C=C(/OCC(CNC(=O)CN1CCC(c2ccc(OC3CCC(=O)NC3=O)cc2)CC1)c1ccccc1)C(=N)N)c1ccccc1O. The van der Waals surface area contributed by atoms with E-state index < -0.39 is 17.8 Å². The highest BCUT2D eigenvalue weighted by atomic mass is 16.5. The second-order valence-corrected chi connectivity index (χ2v) is 12.2. The summed E-state index contributed by atoms with van der Waals surface area (Å²) in [7, 11) is 0. The molecule has 3 aromatic carbocycles. The molecule has 0 radical (unpaired) electrons. The van der Waals surface area contributed by atoms with Crippen molar-refractivity contribution in [1.29, 1.82) is 5.41 Å². The number of ether oxygens (including phenoxy) is 2. The molecule has 256 valence electrons. The van der Waals surface area contributed by atoms with Gasteiger partial charge in [0.1, 0.15) is 11.5 Å². The predicted octanol–water partition coefficient (Wildman–Crippen LogP) is 3.55. The average Bonchev–Trinajstić information content (AvgIpc) is 3.10. The van der Waals surface area contributed by atoms with Crippen molar-refractivity contribution in [3.05, 3.63) is 113 Å². The number of carbonyl (C=O) groups is 3. The molecule has 2 heterocycles. The second-order valence-electron chi connectivity index (χ2n) is 12.2. The lowest BCUT2D eigenvalue weighted by Gasteiger charge is -2.32. The van der Waals surface area contributed by atoms with Gasteiger partial charge in [-0.25, -0.2) is 0 Å². The lowest BCUT2D eigenvalue weighted by molar-refractivity contribution is -0.138. The highest BCUT2D eigenvalue weighted by Gasteiger charge is 2.28. The molecule has 2 aliphatic heterocycles. The predicted molar refractivity (Wildman–Crippen MR) is 185 cm³/mol. The Bertz CT molecular complexity index is 1680. The monoisotopic (exact) mass is 665 g/mol. The lowest BCUT2D eigenvalue weighted by Crippen LogP contribution is -2.46. The molecule has 0 aliphatic carbocycles. The first-order valence-corrected chi connectivity index (χ1v) is 16.3. The standard InChI is InChI=1S/C37H41N6O6/c38-30(29-8-4-5-9-31(29)44)20-33(36(39)40)48-23-27(24-6-2-1-3-7-24)21-41-35(46)22-43-18-16-26(17-19-43)25-10-12-28(13-11-25)49-32-14-15-34(45)42-37(32)47/h1-13,20,26-27,32,44H,14-19,21-23H2,(H3,39,40)(H,41,46)(H,42,45,47)/q-1/b33-20+. The maximum absolute atomic E-state index is 13.0. The molecule has 0 saturated carbocycles. The van der Waals surface area contributed by atoms with Crippen LogP contribution in [-0.4, -0.2) is 78.2 Å². The van der Waals surface area contributed by atoms with Crippen molar-refractivity contribution < 1.29 is 29.0 Å². The third kappa shape index (κ3) is 9.77. The van der Waals surface area contributed by atoms with Crippen molar-refractivity contribution >= 4 is 29.3 Å². The number of likely N-dealkylation sites (tertiary alicyclic amines) is 1. The fourth-order valence-corrected chi connectivity index (χ4v) is 5.97. The smallest absolute Gasteiger partial charge is 0.267 e. The van der Waals surface area contributed by atoms with E-state index >= 15 is 0 Å². The van der Waals surface area contributed by atoms with Crippen molar-refractivity contribution in [1.82, 2.24) is 15.5 Å². The van der Waals surface area contributed by atoms with E-state index in [1.165, 1.54) is 23.8 Å². The number of allylic oxidation sites excluding steroid dienone is 1. The van der Waals surface area contributed by atoms with Gasteiger partial charge in [-0.3, -0.25) is 30.0 Å². The lowest BCUT2D eigenvalue weighted by atomic mass is 9.89. The highest BCUT2D eigenvalue weighted by molar-refractivity contribution is 6.15. The van der Waals surface area contributed by atoms with E-state index in [1.54, 1.807) is 12.1 Å². The zero-order valence-corrected chi connectivity index (χ0v) is 27.1. The van der Waals surface area contributed by atoms with Gasteiger partial charge < -0.3 is 31.0 Å². The van der Waals surface area contributed by atoms with Crippen molar-refractivity contribution in [3.63, 3.8) is 0 Å². The summed E-state index contributed by atoms with van der Waals surface area (Å²) < 4.78 is 11.7. The Morgan fingerprint density at radius 1 is 1.04 bits per heavy atom. The Morgan fingerprint density at radius 3 is 2.41 bits per heavy atom. The number of benzene rings is 3. The maximum Gasteiger partial charge on any atom is 0.267 e. The first-order chi connectivity index (χ1) is 23.7. The molecule has 2 atom stereocenters. The van der Waals surface area contributed by atoms with Crippen LogP contribution in [0.15, 0.2) is 90.7 Å². The normalized spacial score (nSPS) is 17.9. The number of rotatable bonds is 14. The van der Waals surface area contributed by atoms with Gasteiger partial charge in [-0.15, -0.1) is 5.71 Å². The van der Waals surface area contributed by atoms with Crippen LogP contribution in [0.2, 0.25) is 0 Å². The molecule has 49 heavy (non-hydrogen) atoms. The third-order valence-electron chi connectivity index (χ3n) is 8.74. The summed E-state index contributed by atoms with van der Waals surface area (Å²) in [4.78, 5) is 38.6. The second kappa shape index (κ2) is 16.6. The summed E-state index contributed by atoms with van der Waals surface area (Å²) in [5.74, 6) is -0.709. The van der Waals surface area contributed by atoms with Gasteiger partial charge in [-0.2, -0.15) is 0 Å². The quantitative estimate of drug-likeness (QED) is 0.0748. The zero-order chi connectivity index (χ0) is 34.8. The number of nitrogens with one attached hydrogen (secondary N) is 3. The number of aromatic hydroxyl groups is 1. The van der Waals surface area contributed by atoms with Crippen LogP contribution in [0.4, 0.5) is 0 Å². The third-order valence-corrected chi connectivity index (χ3v) is 8.74. The van der Waals surface area contributed by atoms with Crippen LogP contribution in [-0.2, 0) is 19.1 Å². The summed E-state index contributed by atoms with van der Waals surface area (Å²) in [6, 6.07) is 23.5. The molecular formula is C37H41N6O6-. The summed E-state index contributed by atoms with van der Waals surface area (Å²) in [6.07, 6.45) is 2.95. The topological polar surface area (TPSA) is 189 Å². The highest BCUT2D eigenvalue weighted by Crippen LogP contribution is 2.30. The van der Waals surface area contributed by atoms with Crippen molar-refractivity contribution in [2.24, 2.45) is 5.73 Å². The van der Waals surface area contributed by atoms with E-state index in [-0.39, 0.29) is 66.6 Å². The molecular weight excluding hydrogens is 624 g/mol. The molecule has 6 N–H and O–H groups in total. The number of nitrogens with zero attached hydrogens (tertiary/aromatic N) is 2. The van der Waals surface area contributed by atoms with E-state index in [0.29, 0.717) is 18.1 Å². The Morgan fingerprint density at radius 2 is 1.73 bits per heavy atom. The molecule has 12 heteroatoms. The van der Waals surface area contributed by atoms with Crippen LogP contribution >= 0.6 is 0 Å². The number of phenols is 1. The van der Waals surface area contributed by atoms with Crippen LogP contribution in [0, 0.1) is 5.41 Å². The number of nitrogens with two attached hydrogens (primary N) is 1. The van der Waals surface area contributed by atoms with Crippen LogP contribution in [0.25, 0.3) is 5.41 Å². The molecule has 3 aromatic rings. The Hall–Kier alpha value is -5.49. The van der Waals surface area contributed by atoms with Crippen LogP contribution in [0.1, 0.15) is 54.2 Å². The molecule has 2 aliphatic rings. The average molecular weight is 666 g/mol. The number of carbonyl (C=O) groups excluding carboxylic acids is 3. The van der Waals surface area contributed by atoms with E-state index in [4.69, 9.17) is 20.6 Å². The zero-order valence-electron chi connectivity index (χ0n) is 27.1. The molecule has 2 fully saturated rings. The Kier molecular flexibility index (Phi) is 11.8. The molecule has 3 amide bonds. The maximum atomic E-state index is 13.0. The number of hydrogen-bond acceptors (Lipinski definition) is 8. The van der Waals surface area contributed by atoms with E-state index in [0.717, 1.165) is 31.5 Å². The van der Waals surface area contributed by atoms with Gasteiger partial charge in [0.2, 0.25) is 11.8 Å². The fraction of sp³-hybridized carbons (Fsp3) is 0.324. The van der Waals surface area contributed by atoms with Crippen molar-refractivity contribution in [2.75, 3.05) is 32.8 Å². The van der Waals surface area contributed by atoms with Crippen LogP contribution < -0.4 is 21.1 Å². The van der Waals surface area contributed by atoms with Gasteiger partial charge in [0, 0.05) is 30.9 Å². The summed E-state index contributed by atoms with van der Waals surface area (Å²) in [5.41, 5.74) is 7.73. The summed E-state index contributed by atoms with van der Waals surface area (Å²) in [6.45, 7) is 2.15. The molecule has 0 spiro atoms. The minimum atomic E-state index is -0.669. The number of imide groups is 1. The number of amidine groups is 1. The molecule has 0 bridgehead atoms. The van der Waals surface area contributed by atoms with Crippen molar-refractivity contribution in [2.45, 2.75) is 43.6 Å². The van der Waals surface area contributed by atoms with E-state index in [9.17, 15) is 24.9 Å². The van der Waals surface area contributed by atoms with Gasteiger partial charge in [0.15, 0.2) is 17.7 Å². The molecule has 0 aromatic heterocycles. The van der Waals surface area contributed by atoms with Crippen LogP contribution in [0.3, 0.4) is 0 Å². The van der Waals surface area contributed by atoms with Crippen molar-refractivity contribution in [3.8, 4) is 11.5 Å². The summed E-state index contributed by atoms with van der Waals surface area (Å²) >= 11 is 0. The Balaban J connectivity index is 1.10. The van der Waals surface area contributed by atoms with E-state index in [2.05, 4.69) is 15.5 Å². The van der Waals surface area contributed by atoms with Gasteiger partial charge in [0.25, 0.3) is 5.91 Å². The van der Waals surface area contributed by atoms with Crippen LogP contribution in [0.5, 0.6) is 11.5 Å². The first kappa shape index (κ1) is 34.8. The summed E-state index contributed by atoms with van der Waals surface area (Å²) in [5, 5.41) is 33.9. The number of hydrogen-bond donors (Lipinski definition) is 5. The first-order valence-electron chi connectivity index (χ1n) is 16.3. The minimum absolute atomic E-state index is 0.0626. The number of phenolic OH excluding ortho intramolecular Hbond substituents is 1. The molecule has 2 saturated heterocycles. The largest absolute Gasteiger partial charge is 0.803 e. The van der Waals surface area contributed by atoms with Gasteiger partial charge >= 0.3 is 0 Å². The Labute approximate surface area is 285 Å². The van der Waals surface area contributed by atoms with Gasteiger partial charge in [0.05, 0.1) is 13.2 Å². The fourth-order valence-electron chi connectivity index (χ4n) is 5.97. The van der Waals surface area contributed by atoms with Gasteiger partial charge in [-0.05, 0) is 67.3 Å². The number of para-hydroxylation sites is 1.